The average molecular weight is 357 g/mol. The summed E-state index contributed by atoms with van der Waals surface area (Å²) in [5.41, 5.74) is 7.92. The van der Waals surface area contributed by atoms with Crippen molar-refractivity contribution in [1.29, 1.82) is 0 Å². The molecular weight excluding hydrogens is 333 g/mol. The third-order valence-electron chi connectivity index (χ3n) is 4.73. The molecule has 1 fully saturated rings. The van der Waals surface area contributed by atoms with Gasteiger partial charge in [0, 0.05) is 44.8 Å². The largest absolute Gasteiger partial charge is 0.494 e. The first kappa shape index (κ1) is 18.4. The number of amides is 1. The SMILES string of the molecule is COc1ccc(CN2CCN(Cc3ccc(C(N)=O)cc3)CC2)cc1F. The molecule has 2 N–H and O–H groups in total. The second kappa shape index (κ2) is 8.29. The van der Waals surface area contributed by atoms with Gasteiger partial charge in [0.05, 0.1) is 7.11 Å². The number of rotatable bonds is 6. The monoisotopic (exact) mass is 357 g/mol. The molecule has 1 aliphatic rings. The van der Waals surface area contributed by atoms with E-state index in [2.05, 4.69) is 9.80 Å². The maximum absolute atomic E-state index is 13.8. The molecule has 0 spiro atoms. The van der Waals surface area contributed by atoms with E-state index < -0.39 is 5.91 Å². The van der Waals surface area contributed by atoms with E-state index in [-0.39, 0.29) is 11.6 Å². The van der Waals surface area contributed by atoms with Gasteiger partial charge >= 0.3 is 0 Å². The number of nitrogens with two attached hydrogens (primary N) is 1. The van der Waals surface area contributed by atoms with Crippen LogP contribution in [0.3, 0.4) is 0 Å². The molecule has 0 saturated carbocycles. The van der Waals surface area contributed by atoms with Crippen LogP contribution in [-0.2, 0) is 13.1 Å². The van der Waals surface area contributed by atoms with E-state index in [9.17, 15) is 9.18 Å². The van der Waals surface area contributed by atoms with Gasteiger partial charge in [-0.25, -0.2) is 4.39 Å². The fourth-order valence-corrected chi connectivity index (χ4v) is 3.20. The molecule has 0 atom stereocenters. The molecule has 0 aliphatic carbocycles. The Labute approximate surface area is 153 Å². The third-order valence-corrected chi connectivity index (χ3v) is 4.73. The number of benzene rings is 2. The van der Waals surface area contributed by atoms with Crippen LogP contribution in [0.1, 0.15) is 21.5 Å². The van der Waals surface area contributed by atoms with Crippen molar-refractivity contribution >= 4 is 5.91 Å². The molecule has 1 saturated heterocycles. The Hall–Kier alpha value is -2.44. The minimum Gasteiger partial charge on any atom is -0.494 e. The van der Waals surface area contributed by atoms with Crippen LogP contribution in [0.25, 0.3) is 0 Å². The molecule has 2 aromatic carbocycles. The zero-order chi connectivity index (χ0) is 18.5. The van der Waals surface area contributed by atoms with Gasteiger partial charge in [0.15, 0.2) is 11.6 Å². The van der Waals surface area contributed by atoms with E-state index in [1.54, 1.807) is 24.3 Å². The molecule has 6 heteroatoms. The van der Waals surface area contributed by atoms with Gasteiger partial charge in [-0.15, -0.1) is 0 Å². The van der Waals surface area contributed by atoms with Gasteiger partial charge in [0.25, 0.3) is 0 Å². The predicted octanol–water partition coefficient (Wildman–Crippen LogP) is 2.25. The smallest absolute Gasteiger partial charge is 0.248 e. The highest BCUT2D eigenvalue weighted by molar-refractivity contribution is 5.92. The molecule has 1 aliphatic heterocycles. The first-order chi connectivity index (χ1) is 12.5. The number of ether oxygens (including phenoxy) is 1. The Morgan fingerprint density at radius 3 is 2.04 bits per heavy atom. The molecule has 26 heavy (non-hydrogen) atoms. The van der Waals surface area contributed by atoms with E-state index >= 15 is 0 Å². The minimum absolute atomic E-state index is 0.279. The van der Waals surface area contributed by atoms with Crippen molar-refractivity contribution in [2.75, 3.05) is 33.3 Å². The standard InChI is InChI=1S/C20H24FN3O2/c1-26-19-7-4-16(12-18(19)21)14-24-10-8-23(9-11-24)13-15-2-5-17(6-3-15)20(22)25/h2-7,12H,8-11,13-14H2,1H3,(H2,22,25). The molecule has 1 heterocycles. The summed E-state index contributed by atoms with van der Waals surface area (Å²) in [5, 5.41) is 0. The number of nitrogens with zero attached hydrogens (tertiary/aromatic N) is 2. The van der Waals surface area contributed by atoms with Crippen LogP contribution in [0, 0.1) is 5.82 Å². The Morgan fingerprint density at radius 2 is 1.54 bits per heavy atom. The van der Waals surface area contributed by atoms with Gasteiger partial charge in [-0.2, -0.15) is 0 Å². The molecule has 0 aromatic heterocycles. The number of piperazine rings is 1. The van der Waals surface area contributed by atoms with Gasteiger partial charge < -0.3 is 10.5 Å². The predicted molar refractivity (Wildman–Crippen MR) is 98.5 cm³/mol. The van der Waals surface area contributed by atoms with Gasteiger partial charge in [0.2, 0.25) is 5.91 Å². The maximum Gasteiger partial charge on any atom is 0.248 e. The Morgan fingerprint density at radius 1 is 1.00 bits per heavy atom. The van der Waals surface area contributed by atoms with Crippen molar-refractivity contribution in [3.63, 3.8) is 0 Å². The van der Waals surface area contributed by atoms with Crippen LogP contribution < -0.4 is 10.5 Å². The van der Waals surface area contributed by atoms with Crippen molar-refractivity contribution in [1.82, 2.24) is 9.80 Å². The number of hydrogen-bond acceptors (Lipinski definition) is 4. The topological polar surface area (TPSA) is 58.8 Å². The fourth-order valence-electron chi connectivity index (χ4n) is 3.20. The summed E-state index contributed by atoms with van der Waals surface area (Å²) in [4.78, 5) is 15.8. The quantitative estimate of drug-likeness (QED) is 0.862. The second-order valence-electron chi connectivity index (χ2n) is 6.58. The summed E-state index contributed by atoms with van der Waals surface area (Å²) < 4.78 is 18.8. The first-order valence-corrected chi connectivity index (χ1v) is 8.71. The summed E-state index contributed by atoms with van der Waals surface area (Å²) in [7, 11) is 1.47. The lowest BCUT2D eigenvalue weighted by Crippen LogP contribution is -2.45. The Kier molecular flexibility index (Phi) is 5.85. The van der Waals surface area contributed by atoms with Crippen molar-refractivity contribution in [2.45, 2.75) is 13.1 Å². The van der Waals surface area contributed by atoms with Crippen LogP contribution in [0.15, 0.2) is 42.5 Å². The van der Waals surface area contributed by atoms with Crippen LogP contribution in [0.4, 0.5) is 4.39 Å². The van der Waals surface area contributed by atoms with Crippen molar-refractivity contribution in [3.8, 4) is 5.75 Å². The van der Waals surface area contributed by atoms with Gasteiger partial charge in [-0.1, -0.05) is 18.2 Å². The Balaban J connectivity index is 1.49. The second-order valence-corrected chi connectivity index (χ2v) is 6.58. The summed E-state index contributed by atoms with van der Waals surface area (Å²) in [6.07, 6.45) is 0. The number of carbonyl (C=O) groups is 1. The number of hydrogen-bond donors (Lipinski definition) is 1. The van der Waals surface area contributed by atoms with E-state index in [0.29, 0.717) is 5.56 Å². The molecule has 0 radical (unpaired) electrons. The lowest BCUT2D eigenvalue weighted by molar-refractivity contribution is 0.1000. The summed E-state index contributed by atoms with van der Waals surface area (Å²) >= 11 is 0. The molecule has 5 nitrogen and oxygen atoms in total. The molecule has 1 amide bonds. The highest BCUT2D eigenvalue weighted by atomic mass is 19.1. The first-order valence-electron chi connectivity index (χ1n) is 8.71. The zero-order valence-corrected chi connectivity index (χ0v) is 15.0. The van der Waals surface area contributed by atoms with Gasteiger partial charge in [-0.3, -0.25) is 14.6 Å². The van der Waals surface area contributed by atoms with Gasteiger partial charge in [-0.05, 0) is 35.4 Å². The van der Waals surface area contributed by atoms with Crippen molar-refractivity contribution < 1.29 is 13.9 Å². The third kappa shape index (κ3) is 4.59. The number of halogens is 1. The summed E-state index contributed by atoms with van der Waals surface area (Å²) in [6, 6.07) is 12.6. The molecular formula is C20H24FN3O2. The molecule has 0 bridgehead atoms. The van der Waals surface area contributed by atoms with Crippen LogP contribution >= 0.6 is 0 Å². The summed E-state index contributed by atoms with van der Waals surface area (Å²) in [6.45, 7) is 5.37. The van der Waals surface area contributed by atoms with E-state index in [0.717, 1.165) is 44.8 Å². The lowest BCUT2D eigenvalue weighted by Gasteiger charge is -2.34. The number of carbonyl (C=O) groups excluding carboxylic acids is 1. The minimum atomic E-state index is -0.403. The van der Waals surface area contributed by atoms with E-state index in [1.807, 2.05) is 18.2 Å². The molecule has 2 aromatic rings. The molecule has 3 rings (SSSR count). The average Bonchev–Trinajstić information content (AvgIpc) is 2.64. The van der Waals surface area contributed by atoms with Gasteiger partial charge in [0.1, 0.15) is 0 Å². The summed E-state index contributed by atoms with van der Waals surface area (Å²) in [5.74, 6) is -0.441. The van der Waals surface area contributed by atoms with Crippen LogP contribution in [0.2, 0.25) is 0 Å². The number of methoxy groups -OCH3 is 1. The lowest BCUT2D eigenvalue weighted by atomic mass is 10.1. The molecule has 138 valence electrons. The highest BCUT2D eigenvalue weighted by Gasteiger charge is 2.17. The molecule has 0 unspecified atom stereocenters. The highest BCUT2D eigenvalue weighted by Crippen LogP contribution is 2.19. The Bertz CT molecular complexity index is 756. The van der Waals surface area contributed by atoms with Crippen molar-refractivity contribution in [3.05, 3.63) is 65.0 Å². The fraction of sp³-hybridized carbons (Fsp3) is 0.350. The number of primary amides is 1. The maximum atomic E-state index is 13.8. The van der Waals surface area contributed by atoms with Crippen molar-refractivity contribution in [2.24, 2.45) is 5.73 Å². The zero-order valence-electron chi connectivity index (χ0n) is 15.0. The van der Waals surface area contributed by atoms with Crippen LogP contribution in [-0.4, -0.2) is 49.0 Å². The van der Waals surface area contributed by atoms with E-state index in [4.69, 9.17) is 10.5 Å². The van der Waals surface area contributed by atoms with E-state index in [1.165, 1.54) is 12.7 Å². The normalized spacial score (nSPS) is 15.8. The van der Waals surface area contributed by atoms with Crippen LogP contribution in [0.5, 0.6) is 5.75 Å².